The molecule has 0 spiro atoms. The van der Waals surface area contributed by atoms with Gasteiger partial charge in [-0.3, -0.25) is 14.2 Å². The first-order valence-corrected chi connectivity index (χ1v) is 12.8. The van der Waals surface area contributed by atoms with E-state index < -0.39 is 0 Å². The van der Waals surface area contributed by atoms with Gasteiger partial charge in [-0.05, 0) is 49.4 Å². The Bertz CT molecular complexity index is 1250. The number of aromatic nitrogens is 2. The minimum Gasteiger partial charge on any atom is -0.376 e. The third-order valence-corrected chi connectivity index (χ3v) is 7.71. The average molecular weight is 483 g/mol. The van der Waals surface area contributed by atoms with Gasteiger partial charge in [0.2, 0.25) is 5.91 Å². The van der Waals surface area contributed by atoms with Gasteiger partial charge in [-0.25, -0.2) is 4.98 Å². The van der Waals surface area contributed by atoms with Crippen molar-refractivity contribution in [3.05, 3.63) is 50.6 Å². The molecule has 0 bridgehead atoms. The van der Waals surface area contributed by atoms with Gasteiger partial charge < -0.3 is 10.1 Å². The van der Waals surface area contributed by atoms with Crippen LogP contribution in [-0.2, 0) is 28.9 Å². The molecule has 0 saturated carbocycles. The first kappa shape index (κ1) is 23.5. The number of carbonyl (C=O) groups excluding carboxylic acids is 1. The molecule has 33 heavy (non-hydrogen) atoms. The molecule has 0 radical (unpaired) electrons. The summed E-state index contributed by atoms with van der Waals surface area (Å²) in [6.45, 7) is 5.24. The van der Waals surface area contributed by atoms with E-state index in [1.165, 1.54) is 23.1 Å². The number of carbonyl (C=O) groups is 1. The average Bonchev–Trinajstić information content (AvgIpc) is 3.43. The van der Waals surface area contributed by atoms with Crippen molar-refractivity contribution in [2.45, 2.75) is 57.3 Å². The maximum atomic E-state index is 13.5. The number of hydrogen-bond donors (Lipinski definition) is 1. The van der Waals surface area contributed by atoms with Crippen LogP contribution in [0.1, 0.15) is 35.8 Å². The number of hydrogen-bond acceptors (Lipinski definition) is 7. The SMILES string of the molecule is CCc1c(C)sc2nc(SCC(=O)Nc3ccc(CC#N)cc3)n(C[C@@H]3CCCO3)c(=O)c12. The highest BCUT2D eigenvalue weighted by Gasteiger charge is 2.23. The van der Waals surface area contributed by atoms with E-state index in [2.05, 4.69) is 18.3 Å². The third-order valence-electron chi connectivity index (χ3n) is 5.69. The highest BCUT2D eigenvalue weighted by atomic mass is 32.2. The van der Waals surface area contributed by atoms with Crippen LogP contribution in [0, 0.1) is 18.3 Å². The number of thioether (sulfide) groups is 1. The molecule has 7 nitrogen and oxygen atoms in total. The predicted octanol–water partition coefficient (Wildman–Crippen LogP) is 4.30. The minimum atomic E-state index is -0.178. The Labute approximate surface area is 200 Å². The zero-order valence-electron chi connectivity index (χ0n) is 18.7. The van der Waals surface area contributed by atoms with Crippen LogP contribution in [-0.4, -0.2) is 33.9 Å². The Morgan fingerprint density at radius 2 is 2.18 bits per heavy atom. The fraction of sp³-hybridized carbons (Fsp3) is 0.417. The van der Waals surface area contributed by atoms with Crippen molar-refractivity contribution in [2.24, 2.45) is 0 Å². The standard InChI is InChI=1S/C24H26N4O3S2/c1-3-19-15(2)33-22-21(19)23(30)28(13-18-5-4-12-31-18)24(27-22)32-14-20(29)26-17-8-6-16(7-9-17)10-11-25/h6-9,18H,3-5,10,12-14H2,1-2H3,(H,26,29)/t18-/m0/s1. The molecule has 1 amide bonds. The van der Waals surface area contributed by atoms with Crippen molar-refractivity contribution in [2.75, 3.05) is 17.7 Å². The van der Waals surface area contributed by atoms with Crippen LogP contribution in [0.5, 0.6) is 0 Å². The molecule has 2 aromatic heterocycles. The van der Waals surface area contributed by atoms with Gasteiger partial charge in [-0.2, -0.15) is 5.26 Å². The van der Waals surface area contributed by atoms with Gasteiger partial charge in [0.1, 0.15) is 4.83 Å². The molecule has 0 unspecified atom stereocenters. The van der Waals surface area contributed by atoms with Crippen molar-refractivity contribution in [3.8, 4) is 6.07 Å². The van der Waals surface area contributed by atoms with Crippen molar-refractivity contribution in [1.29, 1.82) is 5.26 Å². The predicted molar refractivity (Wildman–Crippen MR) is 132 cm³/mol. The molecular weight excluding hydrogens is 456 g/mol. The number of anilines is 1. The Morgan fingerprint density at radius 1 is 1.39 bits per heavy atom. The normalized spacial score (nSPS) is 15.6. The lowest BCUT2D eigenvalue weighted by molar-refractivity contribution is -0.113. The van der Waals surface area contributed by atoms with Crippen molar-refractivity contribution in [3.63, 3.8) is 0 Å². The molecule has 1 N–H and O–H groups in total. The molecule has 1 saturated heterocycles. The number of nitrogens with one attached hydrogen (secondary N) is 1. The summed E-state index contributed by atoms with van der Waals surface area (Å²) in [5.41, 5.74) is 2.58. The lowest BCUT2D eigenvalue weighted by Gasteiger charge is -2.16. The van der Waals surface area contributed by atoms with Crippen LogP contribution in [0.15, 0.2) is 34.2 Å². The topological polar surface area (TPSA) is 97.0 Å². The lowest BCUT2D eigenvalue weighted by Crippen LogP contribution is -2.29. The monoisotopic (exact) mass is 482 g/mol. The van der Waals surface area contributed by atoms with E-state index in [0.29, 0.717) is 35.8 Å². The molecular formula is C24H26N4O3S2. The summed E-state index contributed by atoms with van der Waals surface area (Å²) >= 11 is 2.80. The molecule has 4 rings (SSSR count). The van der Waals surface area contributed by atoms with Crippen LogP contribution in [0.3, 0.4) is 0 Å². The van der Waals surface area contributed by atoms with Gasteiger partial charge in [0, 0.05) is 17.2 Å². The van der Waals surface area contributed by atoms with Gasteiger partial charge in [-0.15, -0.1) is 11.3 Å². The molecule has 1 fully saturated rings. The van der Waals surface area contributed by atoms with Crippen molar-refractivity contribution < 1.29 is 9.53 Å². The smallest absolute Gasteiger partial charge is 0.263 e. The Balaban J connectivity index is 1.56. The van der Waals surface area contributed by atoms with Gasteiger partial charge in [-0.1, -0.05) is 30.8 Å². The number of aryl methyl sites for hydroxylation is 2. The van der Waals surface area contributed by atoms with E-state index in [1.807, 2.05) is 19.1 Å². The van der Waals surface area contributed by atoms with E-state index in [-0.39, 0.29) is 23.3 Å². The second-order valence-corrected chi connectivity index (χ2v) is 10.1. The minimum absolute atomic E-state index is 0.00754. The highest BCUT2D eigenvalue weighted by molar-refractivity contribution is 7.99. The molecule has 1 aliphatic heterocycles. The summed E-state index contributed by atoms with van der Waals surface area (Å²) in [6, 6.07) is 9.33. The van der Waals surface area contributed by atoms with Crippen LogP contribution < -0.4 is 10.9 Å². The number of amides is 1. The van der Waals surface area contributed by atoms with Gasteiger partial charge in [0.15, 0.2) is 5.16 Å². The molecule has 3 heterocycles. The number of nitrogens with zero attached hydrogens (tertiary/aromatic N) is 3. The molecule has 3 aromatic rings. The molecule has 1 aromatic carbocycles. The van der Waals surface area contributed by atoms with Crippen LogP contribution in [0.25, 0.3) is 10.2 Å². The van der Waals surface area contributed by atoms with Crippen LogP contribution in [0.2, 0.25) is 0 Å². The highest BCUT2D eigenvalue weighted by Crippen LogP contribution is 2.30. The fourth-order valence-electron chi connectivity index (χ4n) is 4.04. The van der Waals surface area contributed by atoms with E-state index in [0.717, 1.165) is 40.1 Å². The van der Waals surface area contributed by atoms with E-state index in [4.69, 9.17) is 15.0 Å². The van der Waals surface area contributed by atoms with Crippen molar-refractivity contribution in [1.82, 2.24) is 9.55 Å². The number of fused-ring (bicyclic) bond motifs is 1. The molecule has 9 heteroatoms. The van der Waals surface area contributed by atoms with E-state index in [1.54, 1.807) is 16.7 Å². The molecule has 0 aliphatic carbocycles. The van der Waals surface area contributed by atoms with Gasteiger partial charge in [0.05, 0.1) is 36.3 Å². The molecule has 1 aliphatic rings. The van der Waals surface area contributed by atoms with Gasteiger partial charge in [0.25, 0.3) is 5.56 Å². The summed E-state index contributed by atoms with van der Waals surface area (Å²) in [7, 11) is 0. The van der Waals surface area contributed by atoms with Gasteiger partial charge >= 0.3 is 0 Å². The van der Waals surface area contributed by atoms with Crippen LogP contribution >= 0.6 is 23.1 Å². The maximum absolute atomic E-state index is 13.5. The zero-order chi connectivity index (χ0) is 23.4. The first-order chi connectivity index (χ1) is 16.0. The summed E-state index contributed by atoms with van der Waals surface area (Å²) in [5, 5.41) is 12.9. The molecule has 1 atom stereocenters. The first-order valence-electron chi connectivity index (χ1n) is 11.0. The lowest BCUT2D eigenvalue weighted by atomic mass is 10.1. The Morgan fingerprint density at radius 3 is 2.85 bits per heavy atom. The third kappa shape index (κ3) is 5.29. The van der Waals surface area contributed by atoms with E-state index >= 15 is 0 Å². The van der Waals surface area contributed by atoms with Crippen LogP contribution in [0.4, 0.5) is 5.69 Å². The van der Waals surface area contributed by atoms with Crippen molar-refractivity contribution >= 4 is 44.9 Å². The largest absolute Gasteiger partial charge is 0.376 e. The number of nitriles is 1. The summed E-state index contributed by atoms with van der Waals surface area (Å²) in [6.07, 6.45) is 3.02. The fourth-order valence-corrected chi connectivity index (χ4v) is 6.01. The second-order valence-electron chi connectivity index (χ2n) is 7.98. The number of benzene rings is 1. The number of thiophene rings is 1. The summed E-state index contributed by atoms with van der Waals surface area (Å²) in [4.78, 5) is 32.7. The van der Waals surface area contributed by atoms with E-state index in [9.17, 15) is 9.59 Å². The summed E-state index contributed by atoms with van der Waals surface area (Å²) in [5.74, 6) is -0.0448. The number of rotatable bonds is 8. The quantitative estimate of drug-likeness (QED) is 0.380. The Hall–Kier alpha value is -2.67. The zero-order valence-corrected chi connectivity index (χ0v) is 20.4. The molecule has 172 valence electrons. The Kier molecular flexibility index (Phi) is 7.48. The number of ether oxygens (including phenoxy) is 1. The maximum Gasteiger partial charge on any atom is 0.263 e. The second kappa shape index (κ2) is 10.5. The summed E-state index contributed by atoms with van der Waals surface area (Å²) < 4.78 is 7.47.